The number of rotatable bonds is 13. The largest absolute Gasteiger partial charge is 0.478 e. The number of hydrogen-bond donors (Lipinski definition) is 6. The van der Waals surface area contributed by atoms with Crippen LogP contribution in [-0.2, 0) is 30.6 Å². The standard InChI is InChI=1S/C25H30N10O7S2/c1-12(26)28-6-7-29-14-4-8-34(9-5-14)10-13-11-43-21-16(20(37)35(21)17(13)22(38)39)30-19(36)15(18-31-24(27)44-33-18)32-42-25(2,3)23(40)41/h4-5,8-9,16,21H,6-7,10-11H2,1-3H3,(H7,26,27,28,30,31,33,36,38,39,40,41)/p+1/b32-15-. The van der Waals surface area contributed by atoms with E-state index in [-0.39, 0.29) is 29.0 Å². The highest BCUT2D eigenvalue weighted by atomic mass is 32.2. The molecule has 0 spiro atoms. The molecule has 0 saturated carbocycles. The van der Waals surface area contributed by atoms with Crippen molar-refractivity contribution in [3.8, 4) is 0 Å². The Morgan fingerprint density at radius 1 is 1.27 bits per heavy atom. The van der Waals surface area contributed by atoms with E-state index in [1.54, 1.807) is 23.9 Å². The molecule has 2 amide bonds. The quantitative estimate of drug-likeness (QED) is 0.0390. The number of carbonyl (C=O) groups excluding carboxylic acids is 2. The highest BCUT2D eigenvalue weighted by Crippen LogP contribution is 2.40. The molecule has 2 aromatic heterocycles. The number of nitrogen functional groups attached to an aromatic ring is 1. The number of aromatic nitrogens is 3. The maximum atomic E-state index is 13.2. The third-order valence-corrected chi connectivity index (χ3v) is 8.23. The highest BCUT2D eigenvalue weighted by Gasteiger charge is 2.55. The highest BCUT2D eigenvalue weighted by molar-refractivity contribution is 8.00. The van der Waals surface area contributed by atoms with Crippen LogP contribution in [0.1, 0.15) is 26.6 Å². The first-order valence-corrected chi connectivity index (χ1v) is 14.9. The van der Waals surface area contributed by atoms with Crippen LogP contribution in [0.3, 0.4) is 0 Å². The van der Waals surface area contributed by atoms with Crippen molar-refractivity contribution >= 4 is 69.4 Å². The third kappa shape index (κ3) is 7.22. The summed E-state index contributed by atoms with van der Waals surface area (Å²) in [4.78, 5) is 64.4. The summed E-state index contributed by atoms with van der Waals surface area (Å²) in [6.07, 6.45) is 3.58. The lowest BCUT2D eigenvalue weighted by atomic mass is 10.0. The van der Waals surface area contributed by atoms with Crippen molar-refractivity contribution in [1.29, 1.82) is 0 Å². The zero-order valence-electron chi connectivity index (χ0n) is 23.9. The maximum absolute atomic E-state index is 13.2. The van der Waals surface area contributed by atoms with Crippen molar-refractivity contribution in [2.75, 3.05) is 29.9 Å². The van der Waals surface area contributed by atoms with Crippen molar-refractivity contribution in [2.45, 2.75) is 44.3 Å². The molecule has 4 rings (SSSR count). The number of aliphatic imine (C=N–C) groups is 1. The number of carboxylic acids is 2. The normalized spacial score (nSPS) is 18.8. The first kappa shape index (κ1) is 32.1. The summed E-state index contributed by atoms with van der Waals surface area (Å²) in [5.41, 5.74) is 10.1. The van der Waals surface area contributed by atoms with Gasteiger partial charge in [-0.3, -0.25) is 19.5 Å². The Kier molecular flexibility index (Phi) is 9.68. The van der Waals surface area contributed by atoms with Crippen LogP contribution < -0.4 is 26.7 Å². The van der Waals surface area contributed by atoms with E-state index in [2.05, 4.69) is 30.1 Å². The molecular weight excluding hydrogens is 616 g/mol. The van der Waals surface area contributed by atoms with Gasteiger partial charge in [0.2, 0.25) is 17.1 Å². The van der Waals surface area contributed by atoms with E-state index < -0.39 is 46.5 Å². The van der Waals surface area contributed by atoms with Crippen molar-refractivity contribution in [3.63, 3.8) is 0 Å². The second-order valence-corrected chi connectivity index (χ2v) is 12.0. The predicted octanol–water partition coefficient (Wildman–Crippen LogP) is -0.780. The molecule has 1 fully saturated rings. The minimum atomic E-state index is -1.79. The maximum Gasteiger partial charge on any atom is 0.352 e. The summed E-state index contributed by atoms with van der Waals surface area (Å²) in [5.74, 6) is -3.61. The smallest absolute Gasteiger partial charge is 0.352 e. The fourth-order valence-corrected chi connectivity index (χ4v) is 5.83. The Bertz CT molecular complexity index is 1550. The average Bonchev–Trinajstić information content (AvgIpc) is 3.39. The van der Waals surface area contributed by atoms with Crippen molar-refractivity contribution in [3.05, 3.63) is 41.6 Å². The summed E-state index contributed by atoms with van der Waals surface area (Å²) in [7, 11) is 0. The van der Waals surface area contributed by atoms with Gasteiger partial charge < -0.3 is 37.2 Å². The number of amides is 2. The predicted molar refractivity (Wildman–Crippen MR) is 161 cm³/mol. The summed E-state index contributed by atoms with van der Waals surface area (Å²) >= 11 is 2.07. The first-order chi connectivity index (χ1) is 20.8. The van der Waals surface area contributed by atoms with Crippen LogP contribution in [0.15, 0.2) is 45.9 Å². The van der Waals surface area contributed by atoms with Crippen LogP contribution >= 0.6 is 23.3 Å². The average molecular weight is 648 g/mol. The number of aliphatic carboxylic acids is 2. The van der Waals surface area contributed by atoms with Crippen LogP contribution in [-0.4, -0.2) is 95.6 Å². The van der Waals surface area contributed by atoms with Crippen LogP contribution in [0, 0.1) is 0 Å². The summed E-state index contributed by atoms with van der Waals surface area (Å²) < 4.78 is 5.73. The molecule has 2 atom stereocenters. The minimum Gasteiger partial charge on any atom is -0.478 e. The number of amidine groups is 1. The Morgan fingerprint density at radius 3 is 2.57 bits per heavy atom. The van der Waals surface area contributed by atoms with Crippen molar-refractivity contribution < 1.29 is 38.8 Å². The number of nitrogens with two attached hydrogens (primary N) is 2. The van der Waals surface area contributed by atoms with Gasteiger partial charge in [0.25, 0.3) is 11.8 Å². The molecule has 2 aliphatic heterocycles. The molecule has 17 nitrogen and oxygen atoms in total. The van der Waals surface area contributed by atoms with Crippen LogP contribution in [0.2, 0.25) is 0 Å². The lowest BCUT2D eigenvalue weighted by Gasteiger charge is -2.49. The van der Waals surface area contributed by atoms with Crippen molar-refractivity contribution in [2.24, 2.45) is 15.9 Å². The molecule has 0 aliphatic carbocycles. The molecule has 2 aliphatic rings. The number of hydrogen-bond acceptors (Lipinski definition) is 13. The molecule has 8 N–H and O–H groups in total. The van der Waals surface area contributed by atoms with E-state index in [1.807, 2.05) is 12.1 Å². The SMILES string of the molecule is CC(N)=NCCNc1cc[n+](CC2=C(C(=O)O)N3C(=O)C(NC(=O)/C(=N\OC(C)(C)C(=O)O)c4nsc(N)n4)C3SC2)cc1. The molecule has 4 heterocycles. The van der Waals surface area contributed by atoms with E-state index in [1.165, 1.54) is 25.6 Å². The molecule has 0 bridgehead atoms. The van der Waals surface area contributed by atoms with Gasteiger partial charge in [0, 0.05) is 47.2 Å². The number of β-lactam (4-membered cyclic amide) rings is 1. The second kappa shape index (κ2) is 13.2. The van der Waals surface area contributed by atoms with Crippen LogP contribution in [0.4, 0.5) is 10.8 Å². The van der Waals surface area contributed by atoms with Crippen LogP contribution in [0.25, 0.3) is 0 Å². The monoisotopic (exact) mass is 647 g/mol. The number of carboxylic acid groups (broad SMARTS) is 2. The number of fused-ring (bicyclic) bond motifs is 1. The molecule has 0 aromatic carbocycles. The number of oxime groups is 1. The number of pyridine rings is 1. The van der Waals surface area contributed by atoms with Crippen molar-refractivity contribution in [1.82, 2.24) is 19.6 Å². The van der Waals surface area contributed by atoms with Gasteiger partial charge >= 0.3 is 11.9 Å². The Morgan fingerprint density at radius 2 is 1.98 bits per heavy atom. The van der Waals surface area contributed by atoms with Gasteiger partial charge in [0.05, 0.1) is 12.4 Å². The Hall–Kier alpha value is -4.78. The number of anilines is 2. The molecule has 234 valence electrons. The molecule has 2 unspecified atom stereocenters. The van der Waals surface area contributed by atoms with Gasteiger partial charge in [-0.2, -0.15) is 9.36 Å². The zero-order valence-corrected chi connectivity index (χ0v) is 25.5. The number of thioether (sulfide) groups is 1. The van der Waals surface area contributed by atoms with Gasteiger partial charge in [-0.05, 0) is 20.8 Å². The third-order valence-electron chi connectivity index (χ3n) is 6.35. The van der Waals surface area contributed by atoms with E-state index in [0.29, 0.717) is 24.5 Å². The lowest BCUT2D eigenvalue weighted by molar-refractivity contribution is -0.688. The Balaban J connectivity index is 1.47. The minimum absolute atomic E-state index is 0.0200. The molecule has 2 aromatic rings. The molecule has 19 heteroatoms. The fourth-order valence-electron chi connectivity index (χ4n) is 4.06. The number of carbonyl (C=O) groups is 4. The topological polar surface area (TPSA) is 252 Å². The van der Waals surface area contributed by atoms with Gasteiger partial charge in [-0.15, -0.1) is 11.8 Å². The molecule has 0 radical (unpaired) electrons. The van der Waals surface area contributed by atoms with E-state index in [0.717, 1.165) is 22.1 Å². The zero-order chi connectivity index (χ0) is 32.2. The van der Waals surface area contributed by atoms with E-state index >= 15 is 0 Å². The number of nitrogens with zero attached hydrogens (tertiary/aromatic N) is 6. The first-order valence-electron chi connectivity index (χ1n) is 13.1. The van der Waals surface area contributed by atoms with E-state index in [4.69, 9.17) is 16.3 Å². The summed E-state index contributed by atoms with van der Waals surface area (Å²) in [6.45, 7) is 5.51. The second-order valence-electron chi connectivity index (χ2n) is 10.1. The van der Waals surface area contributed by atoms with Gasteiger partial charge in [0.1, 0.15) is 17.1 Å². The van der Waals surface area contributed by atoms with Gasteiger partial charge in [-0.25, -0.2) is 14.2 Å². The van der Waals surface area contributed by atoms with E-state index in [9.17, 15) is 29.4 Å². The molecule has 1 saturated heterocycles. The lowest BCUT2D eigenvalue weighted by Crippen LogP contribution is -2.71. The summed E-state index contributed by atoms with van der Waals surface area (Å²) in [5, 5.41) is 28.1. The van der Waals surface area contributed by atoms with Gasteiger partial charge in [0.15, 0.2) is 24.1 Å². The summed E-state index contributed by atoms with van der Waals surface area (Å²) in [6, 6.07) is 2.58. The van der Waals surface area contributed by atoms with Gasteiger partial charge in [-0.1, -0.05) is 5.16 Å². The molecular formula is C25H31N10O7S2+. The Labute approximate surface area is 259 Å². The number of nitrogens with one attached hydrogen (secondary N) is 2. The fraction of sp³-hybridized carbons (Fsp3) is 0.400. The molecule has 44 heavy (non-hydrogen) atoms. The van der Waals surface area contributed by atoms with Crippen LogP contribution in [0.5, 0.6) is 0 Å².